The highest BCUT2D eigenvalue weighted by Gasteiger charge is 2.37. The molecule has 0 bridgehead atoms. The SMILES string of the molecule is CCC(CN)(OC)C1CCCC1. The fraction of sp³-hybridized carbons (Fsp3) is 1.00. The van der Waals surface area contributed by atoms with Crippen molar-refractivity contribution in [2.75, 3.05) is 13.7 Å². The minimum absolute atomic E-state index is 0.0174. The molecule has 12 heavy (non-hydrogen) atoms. The molecule has 1 rings (SSSR count). The van der Waals surface area contributed by atoms with Gasteiger partial charge in [0.1, 0.15) is 0 Å². The van der Waals surface area contributed by atoms with E-state index in [0.29, 0.717) is 12.5 Å². The molecule has 0 radical (unpaired) electrons. The molecule has 0 heterocycles. The van der Waals surface area contributed by atoms with Gasteiger partial charge >= 0.3 is 0 Å². The zero-order chi connectivity index (χ0) is 9.03. The summed E-state index contributed by atoms with van der Waals surface area (Å²) in [5.74, 6) is 0.706. The van der Waals surface area contributed by atoms with Crippen molar-refractivity contribution in [3.63, 3.8) is 0 Å². The maximum atomic E-state index is 5.78. The summed E-state index contributed by atoms with van der Waals surface area (Å²) in [6.07, 6.45) is 6.37. The maximum absolute atomic E-state index is 5.78. The van der Waals surface area contributed by atoms with Gasteiger partial charge < -0.3 is 10.5 Å². The first-order valence-corrected chi connectivity index (χ1v) is 5.04. The van der Waals surface area contributed by atoms with Crippen LogP contribution >= 0.6 is 0 Å². The predicted octanol–water partition coefficient (Wildman–Crippen LogP) is 1.93. The van der Waals surface area contributed by atoms with E-state index in [9.17, 15) is 0 Å². The first-order valence-electron chi connectivity index (χ1n) is 5.04. The number of nitrogens with two attached hydrogens (primary N) is 1. The van der Waals surface area contributed by atoms with Gasteiger partial charge in [-0.25, -0.2) is 0 Å². The van der Waals surface area contributed by atoms with Gasteiger partial charge in [-0.3, -0.25) is 0 Å². The van der Waals surface area contributed by atoms with Crippen LogP contribution in [0.5, 0.6) is 0 Å². The van der Waals surface area contributed by atoms with Gasteiger partial charge in [0, 0.05) is 13.7 Å². The third-order valence-electron chi connectivity index (χ3n) is 3.45. The van der Waals surface area contributed by atoms with E-state index in [2.05, 4.69) is 6.92 Å². The Hall–Kier alpha value is -0.0800. The highest BCUT2D eigenvalue weighted by molar-refractivity contribution is 4.90. The molecule has 0 amide bonds. The van der Waals surface area contributed by atoms with Crippen molar-refractivity contribution in [2.24, 2.45) is 11.7 Å². The second-order valence-electron chi connectivity index (χ2n) is 3.81. The number of methoxy groups -OCH3 is 1. The fourth-order valence-electron chi connectivity index (χ4n) is 2.45. The monoisotopic (exact) mass is 171 g/mol. The summed E-state index contributed by atoms with van der Waals surface area (Å²) in [5, 5.41) is 0. The van der Waals surface area contributed by atoms with Gasteiger partial charge in [-0.15, -0.1) is 0 Å². The molecule has 1 unspecified atom stereocenters. The van der Waals surface area contributed by atoms with Crippen LogP contribution in [0.15, 0.2) is 0 Å². The Labute approximate surface area is 75.5 Å². The average molecular weight is 171 g/mol. The molecule has 2 nitrogen and oxygen atoms in total. The van der Waals surface area contributed by atoms with Crippen molar-refractivity contribution in [1.82, 2.24) is 0 Å². The van der Waals surface area contributed by atoms with Crippen molar-refractivity contribution in [3.8, 4) is 0 Å². The molecule has 0 aliphatic heterocycles. The highest BCUT2D eigenvalue weighted by atomic mass is 16.5. The first-order chi connectivity index (χ1) is 5.79. The van der Waals surface area contributed by atoms with Crippen LogP contribution in [0, 0.1) is 5.92 Å². The molecule has 1 saturated carbocycles. The Morgan fingerprint density at radius 2 is 2.00 bits per heavy atom. The Bertz CT molecular complexity index is 118. The minimum Gasteiger partial charge on any atom is -0.377 e. The lowest BCUT2D eigenvalue weighted by atomic mass is 9.83. The lowest BCUT2D eigenvalue weighted by Gasteiger charge is -2.36. The van der Waals surface area contributed by atoms with E-state index in [-0.39, 0.29) is 5.60 Å². The van der Waals surface area contributed by atoms with Gasteiger partial charge in [0.2, 0.25) is 0 Å². The molecular formula is C10H21NO. The second-order valence-corrected chi connectivity index (χ2v) is 3.81. The van der Waals surface area contributed by atoms with Gasteiger partial charge in [0.05, 0.1) is 5.60 Å². The van der Waals surface area contributed by atoms with Gasteiger partial charge in [-0.1, -0.05) is 19.8 Å². The van der Waals surface area contributed by atoms with Crippen molar-refractivity contribution in [2.45, 2.75) is 44.6 Å². The largest absolute Gasteiger partial charge is 0.377 e. The van der Waals surface area contributed by atoms with Crippen LogP contribution in [-0.2, 0) is 4.74 Å². The minimum atomic E-state index is -0.0174. The van der Waals surface area contributed by atoms with E-state index in [4.69, 9.17) is 10.5 Å². The van der Waals surface area contributed by atoms with E-state index in [1.165, 1.54) is 25.7 Å². The van der Waals surface area contributed by atoms with E-state index in [1.807, 2.05) is 0 Å². The fourth-order valence-corrected chi connectivity index (χ4v) is 2.45. The third kappa shape index (κ3) is 1.64. The van der Waals surface area contributed by atoms with Crippen molar-refractivity contribution in [3.05, 3.63) is 0 Å². The Morgan fingerprint density at radius 3 is 2.33 bits per heavy atom. The topological polar surface area (TPSA) is 35.2 Å². The van der Waals surface area contributed by atoms with Crippen LogP contribution in [0.3, 0.4) is 0 Å². The number of ether oxygens (including phenoxy) is 1. The van der Waals surface area contributed by atoms with Crippen LogP contribution in [0.1, 0.15) is 39.0 Å². The normalized spacial score (nSPS) is 24.2. The quantitative estimate of drug-likeness (QED) is 0.701. The highest BCUT2D eigenvalue weighted by Crippen LogP contribution is 2.37. The smallest absolute Gasteiger partial charge is 0.0825 e. The number of hydrogen-bond acceptors (Lipinski definition) is 2. The van der Waals surface area contributed by atoms with E-state index in [1.54, 1.807) is 7.11 Å². The van der Waals surface area contributed by atoms with Crippen LogP contribution in [0.25, 0.3) is 0 Å². The molecule has 1 atom stereocenters. The van der Waals surface area contributed by atoms with E-state index < -0.39 is 0 Å². The Kier molecular flexibility index (Phi) is 3.53. The molecule has 1 fully saturated rings. The number of rotatable bonds is 4. The molecule has 0 saturated heterocycles. The molecule has 2 heteroatoms. The van der Waals surface area contributed by atoms with Crippen LogP contribution < -0.4 is 5.73 Å². The van der Waals surface area contributed by atoms with Gasteiger partial charge in [0.15, 0.2) is 0 Å². The second kappa shape index (κ2) is 4.24. The molecule has 0 aromatic heterocycles. The summed E-state index contributed by atoms with van der Waals surface area (Å²) in [6.45, 7) is 2.85. The lowest BCUT2D eigenvalue weighted by molar-refractivity contribution is -0.0521. The van der Waals surface area contributed by atoms with Gasteiger partial charge in [-0.05, 0) is 25.2 Å². The molecule has 2 N–H and O–H groups in total. The van der Waals surface area contributed by atoms with Crippen LogP contribution in [-0.4, -0.2) is 19.3 Å². The standard InChI is InChI=1S/C10H21NO/c1-3-10(8-11,12-2)9-6-4-5-7-9/h9H,3-8,11H2,1-2H3. The molecule has 72 valence electrons. The summed E-state index contributed by atoms with van der Waals surface area (Å²) in [6, 6.07) is 0. The van der Waals surface area contributed by atoms with Crippen LogP contribution in [0.2, 0.25) is 0 Å². The van der Waals surface area contributed by atoms with E-state index >= 15 is 0 Å². The van der Waals surface area contributed by atoms with Crippen molar-refractivity contribution < 1.29 is 4.74 Å². The summed E-state index contributed by atoms with van der Waals surface area (Å²) in [4.78, 5) is 0. The van der Waals surface area contributed by atoms with Gasteiger partial charge in [0.25, 0.3) is 0 Å². The Balaban J connectivity index is 2.61. The predicted molar refractivity (Wildman–Crippen MR) is 51.0 cm³/mol. The molecule has 0 aromatic rings. The summed E-state index contributed by atoms with van der Waals surface area (Å²) in [7, 11) is 1.80. The summed E-state index contributed by atoms with van der Waals surface area (Å²) in [5.41, 5.74) is 5.77. The lowest BCUT2D eigenvalue weighted by Crippen LogP contribution is -2.45. The van der Waals surface area contributed by atoms with Crippen molar-refractivity contribution >= 4 is 0 Å². The molecule has 0 spiro atoms. The third-order valence-corrected chi connectivity index (χ3v) is 3.45. The van der Waals surface area contributed by atoms with Gasteiger partial charge in [-0.2, -0.15) is 0 Å². The summed E-state index contributed by atoms with van der Waals surface area (Å²) < 4.78 is 5.60. The molecular weight excluding hydrogens is 150 g/mol. The first kappa shape index (κ1) is 10.0. The van der Waals surface area contributed by atoms with E-state index in [0.717, 1.165) is 6.42 Å². The zero-order valence-corrected chi connectivity index (χ0v) is 8.31. The maximum Gasteiger partial charge on any atom is 0.0825 e. The molecule has 0 aromatic carbocycles. The van der Waals surface area contributed by atoms with Crippen molar-refractivity contribution in [1.29, 1.82) is 0 Å². The summed E-state index contributed by atoms with van der Waals surface area (Å²) >= 11 is 0. The molecule has 1 aliphatic rings. The molecule has 1 aliphatic carbocycles. The zero-order valence-electron chi connectivity index (χ0n) is 8.31. The Morgan fingerprint density at radius 1 is 1.42 bits per heavy atom. The average Bonchev–Trinajstić information content (AvgIpc) is 2.62. The number of hydrogen-bond donors (Lipinski definition) is 1. The van der Waals surface area contributed by atoms with Crippen LogP contribution in [0.4, 0.5) is 0 Å².